The van der Waals surface area contributed by atoms with Crippen LogP contribution in [0.1, 0.15) is 39.2 Å². The van der Waals surface area contributed by atoms with Crippen molar-refractivity contribution in [3.63, 3.8) is 0 Å². The molecule has 9 heteroatoms. The van der Waals surface area contributed by atoms with Crippen molar-refractivity contribution in [2.45, 2.75) is 58.5 Å². The Balaban J connectivity index is 1.56. The molecule has 1 fully saturated rings. The molecule has 9 nitrogen and oxygen atoms in total. The molecular weight excluding hydrogens is 478 g/mol. The Bertz CT molecular complexity index is 1030. The number of carbonyl (C=O) groups is 3. The summed E-state index contributed by atoms with van der Waals surface area (Å²) in [5, 5.41) is 9.20. The van der Waals surface area contributed by atoms with Crippen LogP contribution in [0.5, 0.6) is 0 Å². The number of carboxylic acid groups (broad SMARTS) is 1. The highest BCUT2D eigenvalue weighted by molar-refractivity contribution is 6.02. The smallest absolute Gasteiger partial charge is 0.462 e. The van der Waals surface area contributed by atoms with E-state index >= 15 is 0 Å². The highest BCUT2D eigenvalue weighted by Crippen LogP contribution is 2.32. The molecule has 0 bridgehead atoms. The Morgan fingerprint density at radius 1 is 1.27 bits per heavy atom. The Morgan fingerprint density at radius 2 is 2.00 bits per heavy atom. The van der Waals surface area contributed by atoms with Crippen LogP contribution in [0.25, 0.3) is 0 Å². The number of allylic oxidation sites excluding steroid dienone is 2. The largest absolute Gasteiger partial charge is 0.506 e. The Labute approximate surface area is 217 Å². The maximum Gasteiger partial charge on any atom is 0.506 e. The Hall–Kier alpha value is -3.30. The first-order valence-electron chi connectivity index (χ1n) is 12.4. The van der Waals surface area contributed by atoms with Crippen LogP contribution in [0.15, 0.2) is 59.6 Å². The molecule has 0 radical (unpaired) electrons. The van der Waals surface area contributed by atoms with Gasteiger partial charge in [0.25, 0.3) is 0 Å². The molecule has 0 spiro atoms. The van der Waals surface area contributed by atoms with Crippen LogP contribution in [0.3, 0.4) is 0 Å². The number of benzene rings is 1. The molecule has 6 atom stereocenters. The van der Waals surface area contributed by atoms with Gasteiger partial charge in [-0.2, -0.15) is 0 Å². The van der Waals surface area contributed by atoms with Gasteiger partial charge in [0.05, 0.1) is 25.4 Å². The monoisotopic (exact) mass is 513 g/mol. The second kappa shape index (κ2) is 13.3. The summed E-state index contributed by atoms with van der Waals surface area (Å²) in [6, 6.07) is 9.61. The van der Waals surface area contributed by atoms with Gasteiger partial charge >= 0.3 is 12.1 Å². The minimum absolute atomic E-state index is 0.0807. The second-order valence-electron chi connectivity index (χ2n) is 9.64. The molecule has 1 aromatic carbocycles. The van der Waals surface area contributed by atoms with Crippen molar-refractivity contribution in [2.24, 2.45) is 22.7 Å². The average Bonchev–Trinajstić information content (AvgIpc) is 3.17. The van der Waals surface area contributed by atoms with Crippen molar-refractivity contribution in [1.82, 2.24) is 0 Å². The number of aliphatic imine (C=N–C) groups is 1. The lowest BCUT2D eigenvalue weighted by Gasteiger charge is -2.24. The SMILES string of the molecule is C=C(C)[C@@H](COCc1ccccc1)C(=O)OC[C@@H]1CC(OC(=O)O)[C@H](CC2C(=O)N=C(C)C=CC2C)O1. The molecule has 1 saturated heterocycles. The van der Waals surface area contributed by atoms with E-state index in [1.807, 2.05) is 43.3 Å². The summed E-state index contributed by atoms with van der Waals surface area (Å²) in [4.78, 5) is 40.8. The minimum Gasteiger partial charge on any atom is -0.462 e. The second-order valence-corrected chi connectivity index (χ2v) is 9.64. The van der Waals surface area contributed by atoms with E-state index in [1.165, 1.54) is 0 Å². The van der Waals surface area contributed by atoms with E-state index < -0.39 is 42.3 Å². The number of esters is 1. The summed E-state index contributed by atoms with van der Waals surface area (Å²) in [6.07, 6.45) is 0.703. The standard InChI is InChI=1S/C28H35NO8/c1-17(2)23(16-34-14-20-8-6-5-7-9-20)27(31)35-15-21-12-24(37-28(32)33)25(36-21)13-22-18(3)10-11-19(4)29-26(22)30/h5-11,18,21-25H,1,12-16H2,2-4H3,(H,32,33)/t18?,21-,22?,23+,24?,25-/m0/s1. The molecule has 1 N–H and O–H groups in total. The third-order valence-electron chi connectivity index (χ3n) is 6.58. The lowest BCUT2D eigenvalue weighted by atomic mass is 9.87. The number of hydrogen-bond acceptors (Lipinski definition) is 7. The summed E-state index contributed by atoms with van der Waals surface area (Å²) in [5.74, 6) is -2.00. The number of carbonyl (C=O) groups excluding carboxylic acids is 2. The van der Waals surface area contributed by atoms with Crippen LogP contribution in [0.2, 0.25) is 0 Å². The van der Waals surface area contributed by atoms with Gasteiger partial charge in [0.1, 0.15) is 18.6 Å². The van der Waals surface area contributed by atoms with E-state index in [-0.39, 0.29) is 37.9 Å². The topological polar surface area (TPSA) is 121 Å². The van der Waals surface area contributed by atoms with E-state index in [9.17, 15) is 19.5 Å². The van der Waals surface area contributed by atoms with Crippen molar-refractivity contribution < 1.29 is 38.4 Å². The molecular formula is C28H35NO8. The fraction of sp³-hybridized carbons (Fsp3) is 0.500. The summed E-state index contributed by atoms with van der Waals surface area (Å²) < 4.78 is 22.3. The van der Waals surface area contributed by atoms with E-state index in [4.69, 9.17) is 18.9 Å². The fourth-order valence-corrected chi connectivity index (χ4v) is 4.44. The van der Waals surface area contributed by atoms with Crippen molar-refractivity contribution in [1.29, 1.82) is 0 Å². The summed E-state index contributed by atoms with van der Waals surface area (Å²) in [7, 11) is 0. The highest BCUT2D eigenvalue weighted by atomic mass is 16.7. The van der Waals surface area contributed by atoms with E-state index in [0.717, 1.165) is 5.56 Å². The summed E-state index contributed by atoms with van der Waals surface area (Å²) >= 11 is 0. The first-order chi connectivity index (χ1) is 17.6. The first kappa shape index (κ1) is 28.3. The molecule has 3 unspecified atom stereocenters. The molecule has 0 aliphatic carbocycles. The Morgan fingerprint density at radius 3 is 2.68 bits per heavy atom. The van der Waals surface area contributed by atoms with Crippen molar-refractivity contribution in [3.8, 4) is 0 Å². The van der Waals surface area contributed by atoms with Gasteiger partial charge in [0.15, 0.2) is 0 Å². The molecule has 2 heterocycles. The lowest BCUT2D eigenvalue weighted by Crippen LogP contribution is -2.32. The average molecular weight is 514 g/mol. The van der Waals surface area contributed by atoms with Crippen molar-refractivity contribution in [3.05, 3.63) is 60.2 Å². The molecule has 37 heavy (non-hydrogen) atoms. The van der Waals surface area contributed by atoms with Crippen LogP contribution < -0.4 is 0 Å². The molecule has 200 valence electrons. The van der Waals surface area contributed by atoms with Crippen LogP contribution in [-0.4, -0.2) is 60.4 Å². The van der Waals surface area contributed by atoms with Gasteiger partial charge in [0.2, 0.25) is 5.91 Å². The maximum atomic E-state index is 12.8. The van der Waals surface area contributed by atoms with Crippen LogP contribution >= 0.6 is 0 Å². The van der Waals surface area contributed by atoms with Crippen molar-refractivity contribution >= 4 is 23.7 Å². The number of ether oxygens (including phenoxy) is 4. The molecule has 0 saturated carbocycles. The lowest BCUT2D eigenvalue weighted by molar-refractivity contribution is -0.153. The van der Waals surface area contributed by atoms with Gasteiger partial charge in [-0.1, -0.05) is 55.5 Å². The molecule has 2 aliphatic rings. The molecule has 3 rings (SSSR count). The van der Waals surface area contributed by atoms with Gasteiger partial charge in [0, 0.05) is 18.1 Å². The summed E-state index contributed by atoms with van der Waals surface area (Å²) in [5.41, 5.74) is 2.22. The zero-order chi connectivity index (χ0) is 26.9. The van der Waals surface area contributed by atoms with Crippen molar-refractivity contribution in [2.75, 3.05) is 13.2 Å². The zero-order valence-electron chi connectivity index (χ0n) is 21.5. The van der Waals surface area contributed by atoms with Crippen LogP contribution in [0, 0.1) is 17.8 Å². The molecule has 0 aromatic heterocycles. The van der Waals surface area contributed by atoms with E-state index in [2.05, 4.69) is 11.6 Å². The molecule has 2 aliphatic heterocycles. The molecule has 1 amide bonds. The Kier molecular flexibility index (Phi) is 10.2. The van der Waals surface area contributed by atoms with E-state index in [1.54, 1.807) is 19.9 Å². The van der Waals surface area contributed by atoms with E-state index in [0.29, 0.717) is 17.9 Å². The van der Waals surface area contributed by atoms with Gasteiger partial charge in [-0.3, -0.25) is 9.59 Å². The maximum absolute atomic E-state index is 12.8. The predicted molar refractivity (Wildman–Crippen MR) is 136 cm³/mol. The quantitative estimate of drug-likeness (QED) is 0.342. The number of nitrogens with zero attached hydrogens (tertiary/aromatic N) is 1. The fourth-order valence-electron chi connectivity index (χ4n) is 4.44. The normalized spacial score (nSPS) is 26.2. The van der Waals surface area contributed by atoms with Crippen LogP contribution in [-0.2, 0) is 35.1 Å². The van der Waals surface area contributed by atoms with Gasteiger partial charge in [-0.05, 0) is 37.8 Å². The predicted octanol–water partition coefficient (Wildman–Crippen LogP) is 4.36. The number of rotatable bonds is 11. The van der Waals surface area contributed by atoms with Crippen LogP contribution in [0.4, 0.5) is 4.79 Å². The highest BCUT2D eigenvalue weighted by Gasteiger charge is 2.42. The minimum atomic E-state index is -1.43. The van der Waals surface area contributed by atoms with Gasteiger partial charge in [-0.15, -0.1) is 0 Å². The third-order valence-corrected chi connectivity index (χ3v) is 6.58. The number of amides is 1. The number of hydrogen-bond donors (Lipinski definition) is 1. The molecule has 1 aromatic rings. The zero-order valence-corrected chi connectivity index (χ0v) is 21.5. The van der Waals surface area contributed by atoms with Gasteiger partial charge < -0.3 is 24.1 Å². The third kappa shape index (κ3) is 8.36. The summed E-state index contributed by atoms with van der Waals surface area (Å²) in [6.45, 7) is 9.68. The van der Waals surface area contributed by atoms with Gasteiger partial charge in [-0.25, -0.2) is 9.79 Å². The first-order valence-corrected chi connectivity index (χ1v) is 12.4.